The third-order valence-corrected chi connectivity index (χ3v) is 6.51. The molecular formula is C14H24N4O2S. The van der Waals surface area contributed by atoms with Gasteiger partial charge in [-0.15, -0.1) is 0 Å². The van der Waals surface area contributed by atoms with E-state index >= 15 is 0 Å². The number of aryl methyl sites for hydroxylation is 1. The van der Waals surface area contributed by atoms with Gasteiger partial charge in [-0.05, 0) is 38.4 Å². The second-order valence-corrected chi connectivity index (χ2v) is 8.13. The van der Waals surface area contributed by atoms with Gasteiger partial charge in [0.1, 0.15) is 0 Å². The largest absolute Gasteiger partial charge is 0.356 e. The van der Waals surface area contributed by atoms with E-state index in [2.05, 4.69) is 4.90 Å². The summed E-state index contributed by atoms with van der Waals surface area (Å²) in [5, 5.41) is 0. The Morgan fingerprint density at radius 3 is 2.52 bits per heavy atom. The van der Waals surface area contributed by atoms with Crippen molar-refractivity contribution in [2.24, 2.45) is 12.8 Å². The van der Waals surface area contributed by atoms with Gasteiger partial charge in [-0.2, -0.15) is 4.31 Å². The monoisotopic (exact) mass is 312 g/mol. The van der Waals surface area contributed by atoms with Crippen LogP contribution in [0.3, 0.4) is 0 Å². The third-order valence-electron chi connectivity index (χ3n) is 4.66. The lowest BCUT2D eigenvalue weighted by Gasteiger charge is -2.34. The van der Waals surface area contributed by atoms with E-state index in [0.29, 0.717) is 30.1 Å². The number of rotatable bonds is 3. The number of piperidine rings is 1. The molecule has 0 amide bonds. The van der Waals surface area contributed by atoms with Crippen LogP contribution in [-0.4, -0.2) is 60.5 Å². The molecular weight excluding hydrogens is 288 g/mol. The molecule has 3 heterocycles. The van der Waals surface area contributed by atoms with Crippen molar-refractivity contribution in [2.45, 2.75) is 36.2 Å². The molecule has 2 saturated heterocycles. The molecule has 2 aliphatic rings. The fourth-order valence-corrected chi connectivity index (χ4v) is 4.84. The second-order valence-electron chi connectivity index (χ2n) is 6.19. The molecule has 0 aliphatic carbocycles. The van der Waals surface area contributed by atoms with Crippen LogP contribution >= 0.6 is 0 Å². The van der Waals surface area contributed by atoms with Crippen LogP contribution in [0, 0.1) is 0 Å². The molecule has 0 spiro atoms. The van der Waals surface area contributed by atoms with E-state index in [9.17, 15) is 8.42 Å². The van der Waals surface area contributed by atoms with Gasteiger partial charge in [0.25, 0.3) is 0 Å². The molecule has 0 aromatic carbocycles. The van der Waals surface area contributed by atoms with Crippen molar-refractivity contribution in [2.75, 3.05) is 26.2 Å². The van der Waals surface area contributed by atoms with Gasteiger partial charge in [-0.3, -0.25) is 4.90 Å². The minimum absolute atomic E-state index is 0.312. The maximum absolute atomic E-state index is 12.6. The fourth-order valence-electron chi connectivity index (χ4n) is 3.29. The first-order chi connectivity index (χ1) is 9.96. The first-order valence-electron chi connectivity index (χ1n) is 7.58. The van der Waals surface area contributed by atoms with Gasteiger partial charge in [0.2, 0.25) is 10.0 Å². The lowest BCUT2D eigenvalue weighted by molar-refractivity contribution is 0.159. The first kappa shape index (κ1) is 15.0. The standard InChI is InChI=1S/C14H24N4O2S/c1-16-6-5-14(11-16)21(19,20)18-9-4-13(10-18)17-7-2-12(15)3-8-17/h5-6,11-13H,2-4,7-10,15H2,1H3. The number of hydrogen-bond acceptors (Lipinski definition) is 4. The quantitative estimate of drug-likeness (QED) is 0.866. The highest BCUT2D eigenvalue weighted by Crippen LogP contribution is 2.25. The van der Waals surface area contributed by atoms with E-state index in [1.807, 2.05) is 7.05 Å². The van der Waals surface area contributed by atoms with Gasteiger partial charge >= 0.3 is 0 Å². The van der Waals surface area contributed by atoms with Crippen molar-refractivity contribution in [3.63, 3.8) is 0 Å². The molecule has 1 atom stereocenters. The molecule has 21 heavy (non-hydrogen) atoms. The highest BCUT2D eigenvalue weighted by Gasteiger charge is 2.36. The molecule has 2 fully saturated rings. The average molecular weight is 312 g/mol. The number of aromatic nitrogens is 1. The Labute approximate surface area is 126 Å². The predicted octanol–water partition coefficient (Wildman–Crippen LogP) is 0.211. The maximum atomic E-state index is 12.6. The van der Waals surface area contributed by atoms with Crippen LogP contribution in [0.1, 0.15) is 19.3 Å². The lowest BCUT2D eigenvalue weighted by atomic mass is 10.0. The third kappa shape index (κ3) is 3.01. The van der Waals surface area contributed by atoms with Gasteiger partial charge in [-0.25, -0.2) is 8.42 Å². The summed E-state index contributed by atoms with van der Waals surface area (Å²) in [4.78, 5) is 2.80. The molecule has 0 saturated carbocycles. The molecule has 7 heteroatoms. The molecule has 1 aromatic heterocycles. The number of hydrogen-bond donors (Lipinski definition) is 1. The summed E-state index contributed by atoms with van der Waals surface area (Å²) >= 11 is 0. The highest BCUT2D eigenvalue weighted by molar-refractivity contribution is 7.89. The van der Waals surface area contributed by atoms with E-state index in [-0.39, 0.29) is 0 Å². The zero-order valence-corrected chi connectivity index (χ0v) is 13.3. The maximum Gasteiger partial charge on any atom is 0.244 e. The Hall–Kier alpha value is -0.890. The van der Waals surface area contributed by atoms with Gasteiger partial charge in [0.15, 0.2) is 0 Å². The highest BCUT2D eigenvalue weighted by atomic mass is 32.2. The first-order valence-corrected chi connectivity index (χ1v) is 9.02. The summed E-state index contributed by atoms with van der Waals surface area (Å²) in [6.07, 6.45) is 6.39. The molecule has 0 bridgehead atoms. The number of nitrogens with zero attached hydrogens (tertiary/aromatic N) is 3. The Morgan fingerprint density at radius 1 is 1.19 bits per heavy atom. The lowest BCUT2D eigenvalue weighted by Crippen LogP contribution is -2.46. The summed E-state index contributed by atoms with van der Waals surface area (Å²) in [5.74, 6) is 0. The molecule has 1 unspecified atom stereocenters. The summed E-state index contributed by atoms with van der Waals surface area (Å²) in [7, 11) is -1.50. The van der Waals surface area contributed by atoms with Crippen molar-refractivity contribution in [1.29, 1.82) is 0 Å². The van der Waals surface area contributed by atoms with E-state index < -0.39 is 10.0 Å². The second kappa shape index (κ2) is 5.72. The number of likely N-dealkylation sites (tertiary alicyclic amines) is 1. The molecule has 2 aliphatic heterocycles. The van der Waals surface area contributed by atoms with Crippen LogP contribution in [0.2, 0.25) is 0 Å². The van der Waals surface area contributed by atoms with E-state index in [1.165, 1.54) is 0 Å². The summed E-state index contributed by atoms with van der Waals surface area (Å²) in [5.41, 5.74) is 5.94. The van der Waals surface area contributed by atoms with E-state index in [0.717, 1.165) is 32.4 Å². The van der Waals surface area contributed by atoms with Crippen molar-refractivity contribution in [1.82, 2.24) is 13.8 Å². The minimum atomic E-state index is -3.34. The zero-order chi connectivity index (χ0) is 15.0. The van der Waals surface area contributed by atoms with Gasteiger partial charge < -0.3 is 10.3 Å². The Balaban J connectivity index is 1.66. The predicted molar refractivity (Wildman–Crippen MR) is 81.4 cm³/mol. The molecule has 1 aromatic rings. The van der Waals surface area contributed by atoms with Gasteiger partial charge in [0, 0.05) is 44.6 Å². The topological polar surface area (TPSA) is 71.6 Å². The van der Waals surface area contributed by atoms with Crippen LogP contribution in [0.15, 0.2) is 23.4 Å². The van der Waals surface area contributed by atoms with Gasteiger partial charge in [0.05, 0.1) is 4.90 Å². The SMILES string of the molecule is Cn1ccc(S(=O)(=O)N2CCC(N3CCC(N)CC3)C2)c1. The Morgan fingerprint density at radius 2 is 1.90 bits per heavy atom. The van der Waals surface area contributed by atoms with Crippen molar-refractivity contribution >= 4 is 10.0 Å². The number of sulfonamides is 1. The average Bonchev–Trinajstić information content (AvgIpc) is 3.09. The summed E-state index contributed by atoms with van der Waals surface area (Å²) in [6.45, 7) is 3.20. The smallest absolute Gasteiger partial charge is 0.244 e. The summed E-state index contributed by atoms with van der Waals surface area (Å²) < 4.78 is 28.6. The fraction of sp³-hybridized carbons (Fsp3) is 0.714. The molecule has 118 valence electrons. The van der Waals surface area contributed by atoms with Crippen LogP contribution in [0.4, 0.5) is 0 Å². The van der Waals surface area contributed by atoms with Crippen LogP contribution in [0.5, 0.6) is 0 Å². The summed E-state index contributed by atoms with van der Waals surface area (Å²) in [6, 6.07) is 2.32. The van der Waals surface area contributed by atoms with E-state index in [1.54, 1.807) is 27.3 Å². The van der Waals surface area contributed by atoms with E-state index in [4.69, 9.17) is 5.73 Å². The Kier molecular flexibility index (Phi) is 4.09. The molecule has 3 rings (SSSR count). The van der Waals surface area contributed by atoms with Crippen LogP contribution in [0.25, 0.3) is 0 Å². The van der Waals surface area contributed by atoms with Crippen molar-refractivity contribution in [3.8, 4) is 0 Å². The van der Waals surface area contributed by atoms with Crippen LogP contribution in [-0.2, 0) is 17.1 Å². The normalized spacial score (nSPS) is 26.5. The molecule has 6 nitrogen and oxygen atoms in total. The molecule has 2 N–H and O–H groups in total. The van der Waals surface area contributed by atoms with Crippen molar-refractivity contribution < 1.29 is 8.42 Å². The Bertz CT molecular complexity index is 590. The van der Waals surface area contributed by atoms with Gasteiger partial charge in [-0.1, -0.05) is 0 Å². The zero-order valence-electron chi connectivity index (χ0n) is 12.5. The van der Waals surface area contributed by atoms with Crippen molar-refractivity contribution in [3.05, 3.63) is 18.5 Å². The molecule has 0 radical (unpaired) electrons. The minimum Gasteiger partial charge on any atom is -0.356 e. The van der Waals surface area contributed by atoms with Crippen LogP contribution < -0.4 is 5.73 Å². The number of nitrogens with two attached hydrogens (primary N) is 1.